The number of hydrogen-bond donors (Lipinski definition) is 1. The van der Waals surface area contributed by atoms with Crippen LogP contribution < -0.4 is 5.32 Å². The zero-order valence-corrected chi connectivity index (χ0v) is 14.9. The Kier molecular flexibility index (Phi) is 5.72. The minimum absolute atomic E-state index is 0.0268. The third kappa shape index (κ3) is 5.22. The van der Waals surface area contributed by atoms with E-state index in [0.29, 0.717) is 6.04 Å². The van der Waals surface area contributed by atoms with Crippen molar-refractivity contribution in [2.24, 2.45) is 5.92 Å². The molecule has 0 radical (unpaired) electrons. The summed E-state index contributed by atoms with van der Waals surface area (Å²) >= 11 is 0. The lowest BCUT2D eigenvalue weighted by atomic mass is 9.81. The van der Waals surface area contributed by atoms with Gasteiger partial charge in [-0.15, -0.1) is 0 Å². The van der Waals surface area contributed by atoms with Gasteiger partial charge in [-0.25, -0.2) is 0 Å². The van der Waals surface area contributed by atoms with Crippen LogP contribution in [-0.4, -0.2) is 48.3 Å². The van der Waals surface area contributed by atoms with Crippen molar-refractivity contribution in [3.63, 3.8) is 0 Å². The molecule has 3 heteroatoms. The van der Waals surface area contributed by atoms with Gasteiger partial charge in [-0.1, -0.05) is 19.3 Å². The number of rotatable bonds is 4. The molecular weight excluding hydrogens is 260 g/mol. The summed E-state index contributed by atoms with van der Waals surface area (Å²) in [5.74, 6) is 0.890. The molecule has 1 atom stereocenters. The van der Waals surface area contributed by atoms with Gasteiger partial charge in [-0.2, -0.15) is 0 Å². The molecule has 1 N–H and O–H groups in total. The zero-order chi connectivity index (χ0) is 15.5. The molecule has 0 aromatic rings. The summed E-state index contributed by atoms with van der Waals surface area (Å²) in [6.07, 6.45) is 7.14. The quantitative estimate of drug-likeness (QED) is 0.860. The summed E-state index contributed by atoms with van der Waals surface area (Å²) in [6.45, 7) is 15.3. The van der Waals surface area contributed by atoms with Crippen LogP contribution in [0.2, 0.25) is 0 Å². The lowest BCUT2D eigenvalue weighted by molar-refractivity contribution is -0.0368. The normalized spacial score (nSPS) is 28.7. The van der Waals surface area contributed by atoms with Crippen molar-refractivity contribution >= 4 is 0 Å². The molecule has 2 aliphatic rings. The Morgan fingerprint density at radius 3 is 2.43 bits per heavy atom. The fraction of sp³-hybridized carbons (Fsp3) is 1.00. The fourth-order valence-electron chi connectivity index (χ4n) is 3.75. The lowest BCUT2D eigenvalue weighted by Crippen LogP contribution is -2.64. The standard InChI is InChI=1S/C18H36N2O/c1-17(2,3)21-12-11-20-13-16(19-14-18(20,4)5)15-9-7-6-8-10-15/h15-16,19H,6-14H2,1-5H3. The van der Waals surface area contributed by atoms with Gasteiger partial charge in [-0.05, 0) is 53.4 Å². The first-order chi connectivity index (χ1) is 9.78. The Morgan fingerprint density at radius 2 is 1.81 bits per heavy atom. The number of piperazine rings is 1. The van der Waals surface area contributed by atoms with Crippen LogP contribution in [0.4, 0.5) is 0 Å². The molecule has 1 unspecified atom stereocenters. The summed E-state index contributed by atoms with van der Waals surface area (Å²) in [6, 6.07) is 0.688. The first-order valence-electron chi connectivity index (χ1n) is 8.90. The van der Waals surface area contributed by atoms with E-state index in [1.165, 1.54) is 38.6 Å². The minimum Gasteiger partial charge on any atom is -0.375 e. The van der Waals surface area contributed by atoms with Crippen LogP contribution in [-0.2, 0) is 4.74 Å². The summed E-state index contributed by atoms with van der Waals surface area (Å²) in [7, 11) is 0. The number of nitrogens with one attached hydrogen (secondary N) is 1. The van der Waals surface area contributed by atoms with Gasteiger partial charge in [-0.3, -0.25) is 4.90 Å². The second-order valence-corrected chi connectivity index (χ2v) is 8.60. The van der Waals surface area contributed by atoms with Gasteiger partial charge >= 0.3 is 0 Å². The van der Waals surface area contributed by atoms with E-state index in [0.717, 1.165) is 25.6 Å². The van der Waals surface area contributed by atoms with Crippen molar-refractivity contribution in [2.75, 3.05) is 26.2 Å². The van der Waals surface area contributed by atoms with Gasteiger partial charge in [0.25, 0.3) is 0 Å². The topological polar surface area (TPSA) is 24.5 Å². The van der Waals surface area contributed by atoms with Crippen LogP contribution in [0.1, 0.15) is 66.7 Å². The Balaban J connectivity index is 1.86. The van der Waals surface area contributed by atoms with Crippen LogP contribution in [0.3, 0.4) is 0 Å². The Hall–Kier alpha value is -0.120. The van der Waals surface area contributed by atoms with Crippen LogP contribution in [0, 0.1) is 5.92 Å². The molecule has 0 spiro atoms. The Labute approximate surface area is 131 Å². The maximum atomic E-state index is 5.94. The van der Waals surface area contributed by atoms with Crippen molar-refractivity contribution < 1.29 is 4.74 Å². The number of hydrogen-bond acceptors (Lipinski definition) is 3. The van der Waals surface area contributed by atoms with E-state index in [4.69, 9.17) is 4.74 Å². The van der Waals surface area contributed by atoms with Crippen molar-refractivity contribution in [1.82, 2.24) is 10.2 Å². The first kappa shape index (κ1) is 17.2. The molecule has 2 rings (SSSR count). The predicted octanol–water partition coefficient (Wildman–Crippen LogP) is 3.43. The Morgan fingerprint density at radius 1 is 1.14 bits per heavy atom. The van der Waals surface area contributed by atoms with Gasteiger partial charge in [0, 0.05) is 31.2 Å². The highest BCUT2D eigenvalue weighted by atomic mass is 16.5. The minimum atomic E-state index is -0.0268. The molecule has 1 saturated heterocycles. The average Bonchev–Trinajstić information content (AvgIpc) is 2.40. The SMILES string of the molecule is CC(C)(C)OCCN1CC(C2CCCCC2)NCC1(C)C. The smallest absolute Gasteiger partial charge is 0.0600 e. The van der Waals surface area contributed by atoms with Crippen molar-refractivity contribution in [1.29, 1.82) is 0 Å². The molecule has 1 aliphatic carbocycles. The fourth-order valence-corrected chi connectivity index (χ4v) is 3.75. The molecule has 1 heterocycles. The Bertz CT molecular complexity index is 316. The van der Waals surface area contributed by atoms with E-state index in [-0.39, 0.29) is 11.1 Å². The van der Waals surface area contributed by atoms with E-state index >= 15 is 0 Å². The van der Waals surface area contributed by atoms with E-state index in [1.54, 1.807) is 0 Å². The second-order valence-electron chi connectivity index (χ2n) is 8.60. The summed E-state index contributed by atoms with van der Waals surface area (Å²) in [5, 5.41) is 3.83. The number of ether oxygens (including phenoxy) is 1. The van der Waals surface area contributed by atoms with E-state index in [2.05, 4.69) is 44.8 Å². The van der Waals surface area contributed by atoms with Crippen LogP contribution >= 0.6 is 0 Å². The molecule has 0 bridgehead atoms. The maximum absolute atomic E-state index is 5.94. The number of nitrogens with zero attached hydrogens (tertiary/aromatic N) is 1. The third-order valence-electron chi connectivity index (χ3n) is 5.19. The van der Waals surface area contributed by atoms with Gasteiger partial charge in [0.1, 0.15) is 0 Å². The summed E-state index contributed by atoms with van der Waals surface area (Å²) in [4.78, 5) is 2.65. The first-order valence-corrected chi connectivity index (χ1v) is 8.90. The van der Waals surface area contributed by atoms with E-state index in [9.17, 15) is 0 Å². The molecule has 2 fully saturated rings. The molecule has 1 saturated carbocycles. The van der Waals surface area contributed by atoms with Crippen LogP contribution in [0.15, 0.2) is 0 Å². The highest BCUT2D eigenvalue weighted by Gasteiger charge is 2.36. The molecule has 0 aromatic heterocycles. The van der Waals surface area contributed by atoms with Crippen molar-refractivity contribution in [2.45, 2.75) is 83.9 Å². The zero-order valence-electron chi connectivity index (χ0n) is 14.9. The molecule has 0 amide bonds. The predicted molar refractivity (Wildman–Crippen MR) is 89.7 cm³/mol. The van der Waals surface area contributed by atoms with Crippen LogP contribution in [0.5, 0.6) is 0 Å². The van der Waals surface area contributed by atoms with Gasteiger partial charge in [0.15, 0.2) is 0 Å². The van der Waals surface area contributed by atoms with Crippen LogP contribution in [0.25, 0.3) is 0 Å². The van der Waals surface area contributed by atoms with Gasteiger partial charge < -0.3 is 10.1 Å². The summed E-state index contributed by atoms with van der Waals surface area (Å²) in [5.41, 5.74) is 0.216. The van der Waals surface area contributed by atoms with Gasteiger partial charge in [0.2, 0.25) is 0 Å². The maximum Gasteiger partial charge on any atom is 0.0600 e. The van der Waals surface area contributed by atoms with Crippen molar-refractivity contribution in [3.8, 4) is 0 Å². The largest absolute Gasteiger partial charge is 0.375 e. The highest BCUT2D eigenvalue weighted by Crippen LogP contribution is 2.30. The highest BCUT2D eigenvalue weighted by molar-refractivity contribution is 4.95. The molecule has 0 aromatic carbocycles. The molecule has 3 nitrogen and oxygen atoms in total. The molecular formula is C18H36N2O. The lowest BCUT2D eigenvalue weighted by Gasteiger charge is -2.48. The average molecular weight is 296 g/mol. The van der Waals surface area contributed by atoms with E-state index in [1.807, 2.05) is 0 Å². The molecule has 1 aliphatic heterocycles. The second kappa shape index (κ2) is 6.97. The van der Waals surface area contributed by atoms with E-state index < -0.39 is 0 Å². The summed E-state index contributed by atoms with van der Waals surface area (Å²) < 4.78 is 5.94. The third-order valence-corrected chi connectivity index (χ3v) is 5.19. The molecule has 124 valence electrons. The monoisotopic (exact) mass is 296 g/mol. The van der Waals surface area contributed by atoms with Crippen molar-refractivity contribution in [3.05, 3.63) is 0 Å². The molecule has 21 heavy (non-hydrogen) atoms. The van der Waals surface area contributed by atoms with Gasteiger partial charge in [0.05, 0.1) is 12.2 Å².